The summed E-state index contributed by atoms with van der Waals surface area (Å²) in [6.07, 6.45) is 2.09. The van der Waals surface area contributed by atoms with Gasteiger partial charge >= 0.3 is 0 Å². The number of hydrogen-bond acceptors (Lipinski definition) is 3. The van der Waals surface area contributed by atoms with Crippen molar-refractivity contribution in [3.05, 3.63) is 72.4 Å². The van der Waals surface area contributed by atoms with Gasteiger partial charge in [-0.2, -0.15) is 4.58 Å². The molecule has 0 aliphatic carbocycles. The van der Waals surface area contributed by atoms with Gasteiger partial charge < -0.3 is 27.4 Å². The highest BCUT2D eigenvalue weighted by Gasteiger charge is 2.44. The zero-order valence-corrected chi connectivity index (χ0v) is 16.1. The Bertz CT molecular complexity index is 742. The van der Waals surface area contributed by atoms with Crippen LogP contribution in [0.3, 0.4) is 0 Å². The molecular weight excluding hydrogens is 384 g/mol. The maximum atomic E-state index is 10.7. The van der Waals surface area contributed by atoms with Crippen molar-refractivity contribution >= 4 is 28.2 Å². The van der Waals surface area contributed by atoms with Crippen molar-refractivity contribution in [1.29, 1.82) is 0 Å². The third kappa shape index (κ3) is 4.29. The molecule has 3 nitrogen and oxygen atoms in total. The van der Waals surface area contributed by atoms with Crippen LogP contribution in [0.25, 0.3) is 0 Å². The highest BCUT2D eigenvalue weighted by molar-refractivity contribution is 8.14. The minimum atomic E-state index is -0.884. The van der Waals surface area contributed by atoms with E-state index >= 15 is 0 Å². The molecule has 0 fully saturated rings. The largest absolute Gasteiger partial charge is 1.00 e. The van der Waals surface area contributed by atoms with E-state index in [0.29, 0.717) is 5.75 Å². The van der Waals surface area contributed by atoms with Crippen LogP contribution in [-0.4, -0.2) is 26.2 Å². The summed E-state index contributed by atoms with van der Waals surface area (Å²) in [6, 6.07) is 20.1. The lowest BCUT2D eigenvalue weighted by atomic mass is 10.2. The third-order valence-corrected chi connectivity index (χ3v) is 4.95. The Morgan fingerprint density at radius 1 is 1.12 bits per heavy atom. The molecule has 3 rings (SSSR count). The zero-order chi connectivity index (χ0) is 16.3. The van der Waals surface area contributed by atoms with E-state index in [1.807, 2.05) is 79.1 Å². The van der Waals surface area contributed by atoms with Gasteiger partial charge in [0.2, 0.25) is 10.7 Å². The van der Waals surface area contributed by atoms with E-state index in [0.717, 1.165) is 22.1 Å². The van der Waals surface area contributed by atoms with Gasteiger partial charge in [-0.15, -0.1) is 0 Å². The van der Waals surface area contributed by atoms with Gasteiger partial charge in [0.05, 0.1) is 5.75 Å². The topological polar surface area (TPSA) is 35.3 Å². The first-order valence-electron chi connectivity index (χ1n) is 7.64. The third-order valence-electron chi connectivity index (χ3n) is 3.67. The number of nitrogens with zero attached hydrogens (tertiary/aromatic N) is 1. The standard InChI is InChI=1S/C19H20N2OS.BrH/c1-15(20-16-9-5-3-6-10-16)13-18-21(19(2,22)14-23-18)17-11-7-4-8-12-17;/h3-13,22H,14H2,1-2H3;1H. The van der Waals surface area contributed by atoms with Crippen molar-refractivity contribution < 1.29 is 26.7 Å². The Morgan fingerprint density at radius 2 is 1.71 bits per heavy atom. The lowest BCUT2D eigenvalue weighted by molar-refractivity contribution is -0.574. The van der Waals surface area contributed by atoms with E-state index < -0.39 is 5.72 Å². The molecule has 0 saturated heterocycles. The molecule has 1 unspecified atom stereocenters. The Morgan fingerprint density at radius 3 is 2.33 bits per heavy atom. The van der Waals surface area contributed by atoms with Crippen LogP contribution < -0.4 is 22.3 Å². The number of rotatable bonds is 4. The molecule has 0 saturated carbocycles. The van der Waals surface area contributed by atoms with Gasteiger partial charge in [-0.05, 0) is 30.8 Å². The van der Waals surface area contributed by atoms with Gasteiger partial charge in [-0.25, -0.2) is 0 Å². The van der Waals surface area contributed by atoms with Gasteiger partial charge in [0.1, 0.15) is 0 Å². The lowest BCUT2D eigenvalue weighted by Gasteiger charge is -2.14. The maximum absolute atomic E-state index is 10.7. The van der Waals surface area contributed by atoms with Crippen molar-refractivity contribution in [3.63, 3.8) is 0 Å². The quantitative estimate of drug-likeness (QED) is 0.751. The summed E-state index contributed by atoms with van der Waals surface area (Å²) in [4.78, 5) is 0. The van der Waals surface area contributed by atoms with Crippen molar-refractivity contribution in [3.8, 4) is 0 Å². The van der Waals surface area contributed by atoms with Crippen LogP contribution in [0.4, 0.5) is 11.4 Å². The normalized spacial score (nSPS) is 20.7. The molecule has 2 N–H and O–H groups in total. The van der Waals surface area contributed by atoms with Crippen LogP contribution >= 0.6 is 11.8 Å². The Labute approximate surface area is 157 Å². The summed E-state index contributed by atoms with van der Waals surface area (Å²) in [5, 5.41) is 15.1. The Kier molecular flexibility index (Phi) is 6.27. The molecule has 2 aromatic carbocycles. The number of aliphatic hydroxyl groups is 1. The summed E-state index contributed by atoms with van der Waals surface area (Å²) >= 11 is 1.67. The first kappa shape index (κ1) is 18.8. The fraction of sp³-hybridized carbons (Fsp3) is 0.211. The second-order valence-electron chi connectivity index (χ2n) is 5.83. The average molecular weight is 405 g/mol. The molecule has 0 amide bonds. The van der Waals surface area contributed by atoms with Gasteiger partial charge in [0, 0.05) is 36.5 Å². The van der Waals surface area contributed by atoms with Crippen LogP contribution in [0.2, 0.25) is 0 Å². The highest BCUT2D eigenvalue weighted by Crippen LogP contribution is 2.32. The number of allylic oxidation sites excluding steroid dienone is 1. The summed E-state index contributed by atoms with van der Waals surface area (Å²) in [5.41, 5.74) is 2.21. The number of halogens is 1. The second kappa shape index (κ2) is 8.01. The summed E-state index contributed by atoms with van der Waals surface area (Å²) < 4.78 is 1.99. The van der Waals surface area contributed by atoms with Crippen LogP contribution in [0.15, 0.2) is 72.4 Å². The van der Waals surface area contributed by atoms with Crippen LogP contribution in [-0.2, 0) is 0 Å². The molecule has 1 heterocycles. The SMILES string of the molecule is C/C(=C\C1=[N+](c2ccccc2)C(C)(O)CS1)Nc1ccccc1.[Br-]. The van der Waals surface area contributed by atoms with Crippen molar-refractivity contribution in [2.24, 2.45) is 0 Å². The van der Waals surface area contributed by atoms with Gasteiger partial charge in [-0.3, -0.25) is 0 Å². The minimum absolute atomic E-state index is 0. The van der Waals surface area contributed by atoms with E-state index in [1.54, 1.807) is 11.8 Å². The van der Waals surface area contributed by atoms with E-state index in [4.69, 9.17) is 0 Å². The molecule has 1 aliphatic heterocycles. The smallest absolute Gasteiger partial charge is 0.278 e. The first-order chi connectivity index (χ1) is 11.1. The predicted molar refractivity (Wildman–Crippen MR) is 98.3 cm³/mol. The summed E-state index contributed by atoms with van der Waals surface area (Å²) in [6.45, 7) is 3.89. The first-order valence-corrected chi connectivity index (χ1v) is 8.63. The van der Waals surface area contributed by atoms with Gasteiger partial charge in [0.15, 0.2) is 0 Å². The second-order valence-corrected chi connectivity index (χ2v) is 6.83. The summed E-state index contributed by atoms with van der Waals surface area (Å²) in [7, 11) is 0. The van der Waals surface area contributed by atoms with Crippen molar-refractivity contribution in [2.75, 3.05) is 11.1 Å². The molecule has 0 bridgehead atoms. The molecule has 1 atom stereocenters. The maximum Gasteiger partial charge on any atom is 0.278 e. The average Bonchev–Trinajstić information content (AvgIpc) is 2.83. The number of anilines is 1. The molecule has 126 valence electrons. The highest BCUT2D eigenvalue weighted by atomic mass is 79.9. The van der Waals surface area contributed by atoms with Crippen molar-refractivity contribution in [2.45, 2.75) is 19.6 Å². The Hall–Kier alpha value is -1.56. The molecule has 0 aromatic heterocycles. The molecule has 24 heavy (non-hydrogen) atoms. The van der Waals surface area contributed by atoms with Gasteiger partial charge in [-0.1, -0.05) is 36.4 Å². The number of hydrogen-bond donors (Lipinski definition) is 2. The molecule has 0 spiro atoms. The number of para-hydroxylation sites is 2. The van der Waals surface area contributed by atoms with Crippen LogP contribution in [0.5, 0.6) is 0 Å². The molecule has 0 radical (unpaired) electrons. The molecule has 1 aliphatic rings. The fourth-order valence-corrected chi connectivity index (χ4v) is 3.88. The van der Waals surface area contributed by atoms with E-state index in [9.17, 15) is 5.11 Å². The van der Waals surface area contributed by atoms with Crippen LogP contribution in [0.1, 0.15) is 13.8 Å². The Balaban J connectivity index is 0.00000208. The van der Waals surface area contributed by atoms with E-state index in [-0.39, 0.29) is 17.0 Å². The molecular formula is C19H21BrN2OS. The van der Waals surface area contributed by atoms with E-state index in [1.165, 1.54) is 0 Å². The van der Waals surface area contributed by atoms with E-state index in [2.05, 4.69) is 11.4 Å². The fourth-order valence-electron chi connectivity index (χ4n) is 2.64. The van der Waals surface area contributed by atoms with Gasteiger partial charge in [0.25, 0.3) is 5.72 Å². The number of benzene rings is 2. The summed E-state index contributed by atoms with van der Waals surface area (Å²) in [5.74, 6) is 0.645. The molecule has 2 aromatic rings. The van der Waals surface area contributed by atoms with Crippen molar-refractivity contribution in [1.82, 2.24) is 0 Å². The number of nitrogens with one attached hydrogen (secondary N) is 1. The van der Waals surface area contributed by atoms with Crippen LogP contribution in [0, 0.1) is 0 Å². The number of thioether (sulfide) groups is 1. The lowest BCUT2D eigenvalue weighted by Crippen LogP contribution is -3.00. The predicted octanol–water partition coefficient (Wildman–Crippen LogP) is 1.20. The monoisotopic (exact) mass is 404 g/mol. The molecule has 5 heteroatoms. The minimum Gasteiger partial charge on any atom is -1.00 e. The zero-order valence-electron chi connectivity index (χ0n) is 13.7.